The lowest BCUT2D eigenvalue weighted by Crippen LogP contribution is -2.03. The molecule has 0 bridgehead atoms. The smallest absolute Gasteiger partial charge is 0.119 e. The lowest BCUT2D eigenvalue weighted by atomic mass is 9.97. The molecule has 1 unspecified atom stereocenters. The number of aliphatic hydroxyl groups excluding tert-OH is 1. The molecule has 3 heteroatoms. The van der Waals surface area contributed by atoms with Crippen LogP contribution in [0.1, 0.15) is 35.6 Å². The van der Waals surface area contributed by atoms with E-state index in [1.807, 2.05) is 49.4 Å². The van der Waals surface area contributed by atoms with Crippen molar-refractivity contribution in [2.45, 2.75) is 32.0 Å². The maximum atomic E-state index is 10.5. The Morgan fingerprint density at radius 3 is 2.50 bits per heavy atom. The van der Waals surface area contributed by atoms with Crippen molar-refractivity contribution in [3.05, 3.63) is 63.6 Å². The third-order valence-corrected chi connectivity index (χ3v) is 4.49. The highest BCUT2D eigenvalue weighted by molar-refractivity contribution is 9.10. The standard InChI is InChI=1S/C17H17BrO2/c1-11-15(3-2-4-16(11)18)17(19)12-5-7-13(8-6-12)20-14-9-10-14/h2-8,14,17,19H,9-10H2,1H3. The summed E-state index contributed by atoms with van der Waals surface area (Å²) >= 11 is 3.50. The van der Waals surface area contributed by atoms with E-state index in [0.29, 0.717) is 6.10 Å². The van der Waals surface area contributed by atoms with Gasteiger partial charge in [-0.15, -0.1) is 0 Å². The summed E-state index contributed by atoms with van der Waals surface area (Å²) in [5.74, 6) is 0.884. The SMILES string of the molecule is Cc1c(Br)cccc1C(O)c1ccc(OC2CC2)cc1. The first-order chi connectivity index (χ1) is 9.65. The van der Waals surface area contributed by atoms with Gasteiger partial charge in [0, 0.05) is 4.47 Å². The maximum absolute atomic E-state index is 10.5. The summed E-state index contributed by atoms with van der Waals surface area (Å²) in [4.78, 5) is 0. The van der Waals surface area contributed by atoms with Crippen molar-refractivity contribution in [3.8, 4) is 5.75 Å². The van der Waals surface area contributed by atoms with Gasteiger partial charge in [-0.1, -0.05) is 40.2 Å². The quantitative estimate of drug-likeness (QED) is 0.900. The molecule has 0 saturated heterocycles. The Morgan fingerprint density at radius 1 is 1.15 bits per heavy atom. The Labute approximate surface area is 127 Å². The Hall–Kier alpha value is -1.32. The van der Waals surface area contributed by atoms with Crippen LogP contribution in [-0.2, 0) is 0 Å². The first-order valence-corrected chi connectivity index (χ1v) is 7.64. The van der Waals surface area contributed by atoms with Crippen LogP contribution in [0.2, 0.25) is 0 Å². The van der Waals surface area contributed by atoms with Crippen molar-refractivity contribution in [3.63, 3.8) is 0 Å². The predicted molar refractivity (Wildman–Crippen MR) is 83.0 cm³/mol. The number of halogens is 1. The molecular weight excluding hydrogens is 316 g/mol. The molecule has 0 aliphatic heterocycles. The summed E-state index contributed by atoms with van der Waals surface area (Å²) in [5.41, 5.74) is 2.88. The summed E-state index contributed by atoms with van der Waals surface area (Å²) in [6.45, 7) is 2.01. The van der Waals surface area contributed by atoms with Crippen molar-refractivity contribution in [2.24, 2.45) is 0 Å². The second-order valence-electron chi connectivity index (χ2n) is 5.24. The van der Waals surface area contributed by atoms with Gasteiger partial charge in [0.2, 0.25) is 0 Å². The average molecular weight is 333 g/mol. The predicted octanol–water partition coefficient (Wildman–Crippen LogP) is 4.38. The molecule has 104 valence electrons. The minimum atomic E-state index is -0.609. The second-order valence-corrected chi connectivity index (χ2v) is 6.10. The molecule has 1 atom stereocenters. The van der Waals surface area contributed by atoms with Crippen molar-refractivity contribution < 1.29 is 9.84 Å². The summed E-state index contributed by atoms with van der Waals surface area (Å²) in [6, 6.07) is 13.6. The number of hydrogen-bond donors (Lipinski definition) is 1. The van der Waals surface area contributed by atoms with Gasteiger partial charge in [0.05, 0.1) is 6.10 Å². The Bertz CT molecular complexity index is 603. The zero-order chi connectivity index (χ0) is 14.1. The van der Waals surface area contributed by atoms with Crippen molar-refractivity contribution >= 4 is 15.9 Å². The van der Waals surface area contributed by atoms with Crippen LogP contribution in [0.5, 0.6) is 5.75 Å². The Kier molecular flexibility index (Phi) is 3.81. The van der Waals surface area contributed by atoms with Gasteiger partial charge in [-0.3, -0.25) is 0 Å². The van der Waals surface area contributed by atoms with Crippen molar-refractivity contribution in [1.29, 1.82) is 0 Å². The second kappa shape index (κ2) is 5.58. The topological polar surface area (TPSA) is 29.5 Å². The van der Waals surface area contributed by atoms with Gasteiger partial charge in [0.25, 0.3) is 0 Å². The van der Waals surface area contributed by atoms with E-state index < -0.39 is 6.10 Å². The Balaban J connectivity index is 1.82. The fraction of sp³-hybridized carbons (Fsp3) is 0.294. The van der Waals surface area contributed by atoms with E-state index in [1.54, 1.807) is 0 Å². The van der Waals surface area contributed by atoms with Crippen LogP contribution >= 0.6 is 15.9 Å². The van der Waals surface area contributed by atoms with Crippen LogP contribution in [0.25, 0.3) is 0 Å². The fourth-order valence-electron chi connectivity index (χ4n) is 2.21. The number of ether oxygens (including phenoxy) is 1. The van der Waals surface area contributed by atoms with Crippen LogP contribution in [0.15, 0.2) is 46.9 Å². The number of hydrogen-bond acceptors (Lipinski definition) is 2. The summed E-state index contributed by atoms with van der Waals surface area (Å²) in [7, 11) is 0. The van der Waals surface area contributed by atoms with Crippen LogP contribution in [-0.4, -0.2) is 11.2 Å². The van der Waals surface area contributed by atoms with Gasteiger partial charge < -0.3 is 9.84 Å². The highest BCUT2D eigenvalue weighted by Gasteiger charge is 2.23. The van der Waals surface area contributed by atoms with E-state index in [-0.39, 0.29) is 0 Å². The normalized spacial score (nSPS) is 15.9. The van der Waals surface area contributed by atoms with Gasteiger partial charge in [-0.2, -0.15) is 0 Å². The summed E-state index contributed by atoms with van der Waals surface area (Å²) < 4.78 is 6.74. The van der Waals surface area contributed by atoms with Crippen molar-refractivity contribution in [2.75, 3.05) is 0 Å². The van der Waals surface area contributed by atoms with E-state index in [4.69, 9.17) is 4.74 Å². The third kappa shape index (κ3) is 2.89. The molecule has 1 aliphatic rings. The first kappa shape index (κ1) is 13.7. The zero-order valence-corrected chi connectivity index (χ0v) is 12.9. The zero-order valence-electron chi connectivity index (χ0n) is 11.3. The van der Waals surface area contributed by atoms with Gasteiger partial charge in [0.15, 0.2) is 0 Å². The highest BCUT2D eigenvalue weighted by Crippen LogP contribution is 2.31. The first-order valence-electron chi connectivity index (χ1n) is 6.85. The van der Waals surface area contributed by atoms with Crippen molar-refractivity contribution in [1.82, 2.24) is 0 Å². The molecule has 0 aromatic heterocycles. The van der Waals surface area contributed by atoms with Crippen LogP contribution < -0.4 is 4.74 Å². The summed E-state index contributed by atoms with van der Waals surface area (Å²) in [5, 5.41) is 10.5. The van der Waals surface area contributed by atoms with Gasteiger partial charge in [-0.25, -0.2) is 0 Å². The molecule has 1 saturated carbocycles. The molecule has 3 rings (SSSR count). The van der Waals surface area contributed by atoms with Crippen LogP contribution in [0.3, 0.4) is 0 Å². The number of benzene rings is 2. The molecule has 1 aliphatic carbocycles. The minimum Gasteiger partial charge on any atom is -0.490 e. The van der Waals surface area contributed by atoms with Crippen LogP contribution in [0.4, 0.5) is 0 Å². The lowest BCUT2D eigenvalue weighted by Gasteiger charge is -2.15. The van der Waals surface area contributed by atoms with Crippen LogP contribution in [0, 0.1) is 6.92 Å². The molecule has 0 spiro atoms. The molecular formula is C17H17BrO2. The maximum Gasteiger partial charge on any atom is 0.119 e. The third-order valence-electron chi connectivity index (χ3n) is 3.63. The van der Waals surface area contributed by atoms with E-state index >= 15 is 0 Å². The van der Waals surface area contributed by atoms with E-state index in [9.17, 15) is 5.11 Å². The molecule has 2 nitrogen and oxygen atoms in total. The summed E-state index contributed by atoms with van der Waals surface area (Å²) in [6.07, 6.45) is 2.10. The number of rotatable bonds is 4. The molecule has 1 fully saturated rings. The van der Waals surface area contributed by atoms with E-state index in [1.165, 1.54) is 0 Å². The number of aliphatic hydroxyl groups is 1. The van der Waals surface area contributed by atoms with E-state index in [0.717, 1.165) is 39.8 Å². The van der Waals surface area contributed by atoms with Gasteiger partial charge in [-0.05, 0) is 54.7 Å². The molecule has 0 radical (unpaired) electrons. The highest BCUT2D eigenvalue weighted by atomic mass is 79.9. The Morgan fingerprint density at radius 2 is 1.85 bits per heavy atom. The molecule has 2 aromatic carbocycles. The molecule has 0 heterocycles. The lowest BCUT2D eigenvalue weighted by molar-refractivity contribution is 0.219. The molecule has 2 aromatic rings. The van der Waals surface area contributed by atoms with Gasteiger partial charge in [0.1, 0.15) is 11.9 Å². The van der Waals surface area contributed by atoms with E-state index in [2.05, 4.69) is 15.9 Å². The minimum absolute atomic E-state index is 0.401. The molecule has 1 N–H and O–H groups in total. The average Bonchev–Trinajstić information content (AvgIpc) is 3.26. The monoisotopic (exact) mass is 332 g/mol. The molecule has 20 heavy (non-hydrogen) atoms. The van der Waals surface area contributed by atoms with Gasteiger partial charge >= 0.3 is 0 Å². The molecule has 0 amide bonds. The fourth-order valence-corrected chi connectivity index (χ4v) is 2.59. The largest absolute Gasteiger partial charge is 0.490 e.